The lowest BCUT2D eigenvalue weighted by atomic mass is 9.99. The molecular weight excluding hydrogens is 360 g/mol. The van der Waals surface area contributed by atoms with E-state index in [9.17, 15) is 13.2 Å². The highest BCUT2D eigenvalue weighted by atomic mass is 32.2. The summed E-state index contributed by atoms with van der Waals surface area (Å²) in [6, 6.07) is 16.4. The molecule has 1 heterocycles. The van der Waals surface area contributed by atoms with E-state index in [2.05, 4.69) is 6.92 Å². The van der Waals surface area contributed by atoms with Crippen molar-refractivity contribution in [3.63, 3.8) is 0 Å². The lowest BCUT2D eigenvalue weighted by molar-refractivity contribution is 0.0684. The topological polar surface area (TPSA) is 57.7 Å². The maximum atomic E-state index is 13.2. The Morgan fingerprint density at radius 2 is 1.78 bits per heavy atom. The number of rotatable bonds is 5. The molecule has 2 aromatic carbocycles. The summed E-state index contributed by atoms with van der Waals surface area (Å²) in [6.45, 7) is 3.77. The van der Waals surface area contributed by atoms with Crippen molar-refractivity contribution in [1.29, 1.82) is 0 Å². The van der Waals surface area contributed by atoms with E-state index in [1.54, 1.807) is 24.3 Å². The summed E-state index contributed by atoms with van der Waals surface area (Å²) in [5, 5.41) is 0. The minimum Gasteiger partial charge on any atom is -0.338 e. The van der Waals surface area contributed by atoms with Crippen LogP contribution in [0.5, 0.6) is 0 Å². The van der Waals surface area contributed by atoms with E-state index in [1.165, 1.54) is 10.6 Å². The zero-order valence-electron chi connectivity index (χ0n) is 15.8. The molecule has 0 aromatic heterocycles. The van der Waals surface area contributed by atoms with Gasteiger partial charge < -0.3 is 4.90 Å². The quantitative estimate of drug-likeness (QED) is 0.790. The van der Waals surface area contributed by atoms with Crippen molar-refractivity contribution < 1.29 is 13.2 Å². The molecule has 3 rings (SSSR count). The molecule has 1 aliphatic rings. The first-order valence-corrected chi connectivity index (χ1v) is 11.1. The van der Waals surface area contributed by atoms with E-state index < -0.39 is 10.0 Å². The van der Waals surface area contributed by atoms with Gasteiger partial charge in [-0.15, -0.1) is 0 Å². The fourth-order valence-electron chi connectivity index (χ4n) is 3.55. The third-order valence-corrected chi connectivity index (χ3v) is 6.04. The molecular formula is C21H26N2O3S. The summed E-state index contributed by atoms with van der Waals surface area (Å²) in [5.74, 6) is 0.365. The van der Waals surface area contributed by atoms with Crippen LogP contribution in [0.2, 0.25) is 0 Å². The number of carbonyl (C=O) groups excluding carboxylic acids is 1. The summed E-state index contributed by atoms with van der Waals surface area (Å²) < 4.78 is 26.4. The van der Waals surface area contributed by atoms with Gasteiger partial charge in [0.2, 0.25) is 10.0 Å². The van der Waals surface area contributed by atoms with Crippen LogP contribution in [0.1, 0.15) is 35.7 Å². The molecule has 0 bridgehead atoms. The summed E-state index contributed by atoms with van der Waals surface area (Å²) >= 11 is 0. The molecule has 144 valence electrons. The first-order valence-electron chi connectivity index (χ1n) is 9.26. The molecule has 1 fully saturated rings. The molecule has 1 atom stereocenters. The van der Waals surface area contributed by atoms with Crippen molar-refractivity contribution in [2.45, 2.75) is 26.3 Å². The van der Waals surface area contributed by atoms with Gasteiger partial charge in [-0.05, 0) is 36.5 Å². The zero-order valence-corrected chi connectivity index (χ0v) is 16.7. The summed E-state index contributed by atoms with van der Waals surface area (Å²) in [6.07, 6.45) is 3.28. The highest BCUT2D eigenvalue weighted by molar-refractivity contribution is 7.92. The Bertz CT molecular complexity index is 897. The molecule has 0 aliphatic carbocycles. The molecule has 0 saturated carbocycles. The lowest BCUT2D eigenvalue weighted by Crippen LogP contribution is -2.40. The average Bonchev–Trinajstić information content (AvgIpc) is 2.65. The minimum atomic E-state index is -3.55. The van der Waals surface area contributed by atoms with E-state index in [0.717, 1.165) is 24.9 Å². The average molecular weight is 387 g/mol. The highest BCUT2D eigenvalue weighted by Crippen LogP contribution is 2.28. The van der Waals surface area contributed by atoms with Crippen molar-refractivity contribution in [2.75, 3.05) is 23.7 Å². The van der Waals surface area contributed by atoms with Crippen LogP contribution in [0.15, 0.2) is 54.6 Å². The van der Waals surface area contributed by atoms with Crippen molar-refractivity contribution in [2.24, 2.45) is 5.92 Å². The van der Waals surface area contributed by atoms with Crippen LogP contribution in [-0.4, -0.2) is 38.6 Å². The van der Waals surface area contributed by atoms with E-state index in [4.69, 9.17) is 0 Å². The second-order valence-electron chi connectivity index (χ2n) is 7.27. The maximum Gasteiger partial charge on any atom is 0.256 e. The molecule has 1 aliphatic heterocycles. The number of sulfonamides is 1. The predicted octanol–water partition coefficient (Wildman–Crippen LogP) is 3.52. The number of anilines is 1. The Morgan fingerprint density at radius 1 is 1.11 bits per heavy atom. The Balaban J connectivity index is 1.97. The maximum absolute atomic E-state index is 13.2. The van der Waals surface area contributed by atoms with Gasteiger partial charge in [0, 0.05) is 13.1 Å². The number of benzene rings is 2. The second-order valence-corrected chi connectivity index (χ2v) is 9.18. The van der Waals surface area contributed by atoms with Crippen molar-refractivity contribution in [3.8, 4) is 0 Å². The van der Waals surface area contributed by atoms with Crippen LogP contribution < -0.4 is 4.31 Å². The Hall–Kier alpha value is -2.34. The molecule has 1 amide bonds. The molecule has 0 radical (unpaired) electrons. The van der Waals surface area contributed by atoms with Gasteiger partial charge >= 0.3 is 0 Å². The van der Waals surface area contributed by atoms with Crippen LogP contribution in [0.4, 0.5) is 5.69 Å². The molecule has 2 aromatic rings. The Labute approximate surface area is 161 Å². The van der Waals surface area contributed by atoms with Gasteiger partial charge in [-0.1, -0.05) is 49.4 Å². The third-order valence-electron chi connectivity index (χ3n) is 4.92. The van der Waals surface area contributed by atoms with Crippen LogP contribution >= 0.6 is 0 Å². The van der Waals surface area contributed by atoms with Crippen LogP contribution in [0.3, 0.4) is 0 Å². The Morgan fingerprint density at radius 3 is 2.44 bits per heavy atom. The number of amides is 1. The van der Waals surface area contributed by atoms with E-state index in [-0.39, 0.29) is 12.5 Å². The largest absolute Gasteiger partial charge is 0.338 e. The number of likely N-dealkylation sites (tertiary alicyclic amines) is 1. The van der Waals surface area contributed by atoms with Gasteiger partial charge in [0.15, 0.2) is 0 Å². The minimum absolute atomic E-state index is 0.0983. The van der Waals surface area contributed by atoms with Crippen LogP contribution in [0.25, 0.3) is 0 Å². The van der Waals surface area contributed by atoms with Crippen molar-refractivity contribution in [1.82, 2.24) is 4.90 Å². The van der Waals surface area contributed by atoms with Crippen molar-refractivity contribution >= 4 is 21.6 Å². The predicted molar refractivity (Wildman–Crippen MR) is 108 cm³/mol. The molecule has 27 heavy (non-hydrogen) atoms. The van der Waals surface area contributed by atoms with Crippen LogP contribution in [-0.2, 0) is 16.6 Å². The number of nitrogens with zero attached hydrogens (tertiary/aromatic N) is 2. The van der Waals surface area contributed by atoms with Gasteiger partial charge in [-0.25, -0.2) is 8.42 Å². The van der Waals surface area contributed by atoms with Gasteiger partial charge in [0.05, 0.1) is 24.1 Å². The molecule has 0 spiro atoms. The smallest absolute Gasteiger partial charge is 0.256 e. The van der Waals surface area contributed by atoms with Gasteiger partial charge in [-0.2, -0.15) is 0 Å². The molecule has 0 N–H and O–H groups in total. The first-order chi connectivity index (χ1) is 12.9. The molecule has 5 nitrogen and oxygen atoms in total. The van der Waals surface area contributed by atoms with E-state index in [1.807, 2.05) is 35.2 Å². The number of carbonyl (C=O) groups is 1. The number of hydrogen-bond donors (Lipinski definition) is 0. The third kappa shape index (κ3) is 4.69. The summed E-state index contributed by atoms with van der Waals surface area (Å²) in [7, 11) is -3.55. The molecule has 1 saturated heterocycles. The van der Waals surface area contributed by atoms with E-state index >= 15 is 0 Å². The SMILES string of the molecule is C[C@@H]1CCCN(C(=O)c2ccccc2N(Cc2ccccc2)S(C)(=O)=O)C1. The summed E-state index contributed by atoms with van der Waals surface area (Å²) in [4.78, 5) is 15.0. The standard InChI is InChI=1S/C21H26N2O3S/c1-17-9-8-14-22(15-17)21(24)19-12-6-7-13-20(19)23(27(2,25)26)16-18-10-4-3-5-11-18/h3-7,10-13,17H,8-9,14-16H2,1-2H3/t17-/m1/s1. The second kappa shape index (κ2) is 8.13. The fourth-order valence-corrected chi connectivity index (χ4v) is 4.45. The monoisotopic (exact) mass is 386 g/mol. The summed E-state index contributed by atoms with van der Waals surface area (Å²) in [5.41, 5.74) is 1.75. The fraction of sp³-hybridized carbons (Fsp3) is 0.381. The lowest BCUT2D eigenvalue weighted by Gasteiger charge is -2.32. The van der Waals surface area contributed by atoms with Gasteiger partial charge in [0.1, 0.15) is 0 Å². The number of para-hydroxylation sites is 1. The first kappa shape index (κ1) is 19.4. The number of piperidine rings is 1. The van der Waals surface area contributed by atoms with Gasteiger partial charge in [-0.3, -0.25) is 9.10 Å². The Kier molecular flexibility index (Phi) is 5.85. The molecule has 0 unspecified atom stereocenters. The number of hydrogen-bond acceptors (Lipinski definition) is 3. The van der Waals surface area contributed by atoms with Gasteiger partial charge in [0.25, 0.3) is 5.91 Å². The molecule has 6 heteroatoms. The zero-order chi connectivity index (χ0) is 19.4. The van der Waals surface area contributed by atoms with E-state index in [0.29, 0.717) is 23.7 Å². The normalized spacial score (nSPS) is 17.6. The van der Waals surface area contributed by atoms with Crippen LogP contribution in [0, 0.1) is 5.92 Å². The highest BCUT2D eigenvalue weighted by Gasteiger charge is 2.27. The van der Waals surface area contributed by atoms with Crippen molar-refractivity contribution in [3.05, 3.63) is 65.7 Å².